The van der Waals surface area contributed by atoms with Crippen LogP contribution in [0.1, 0.15) is 19.2 Å². The first kappa shape index (κ1) is 17.9. The molecule has 1 aromatic heterocycles. The molecular weight excluding hydrogens is 334 g/mol. The molecule has 2 aromatic rings. The van der Waals surface area contributed by atoms with Gasteiger partial charge in [0.05, 0.1) is 17.6 Å². The molecule has 138 valence electrons. The van der Waals surface area contributed by atoms with Gasteiger partial charge in [0.25, 0.3) is 0 Å². The van der Waals surface area contributed by atoms with Gasteiger partial charge in [-0.25, -0.2) is 4.98 Å². The maximum atomic E-state index is 12.6. The van der Waals surface area contributed by atoms with Crippen LogP contribution in [0.15, 0.2) is 24.3 Å². The number of amides is 3. The number of hydrogen-bond donors (Lipinski definition) is 2. The second kappa shape index (κ2) is 7.55. The molecule has 1 aliphatic heterocycles. The number of likely N-dealkylation sites (N-methyl/N-ethyl adjacent to an activating group) is 1. The van der Waals surface area contributed by atoms with Crippen LogP contribution in [0.2, 0.25) is 0 Å². The van der Waals surface area contributed by atoms with Gasteiger partial charge in [0.2, 0.25) is 17.7 Å². The van der Waals surface area contributed by atoms with E-state index < -0.39 is 6.04 Å². The molecule has 0 unspecified atom stereocenters. The van der Waals surface area contributed by atoms with E-state index in [0.717, 1.165) is 16.9 Å². The van der Waals surface area contributed by atoms with E-state index in [1.807, 2.05) is 24.3 Å². The molecule has 0 spiro atoms. The number of para-hydroxylation sites is 2. The minimum atomic E-state index is -0.638. The van der Waals surface area contributed by atoms with E-state index in [-0.39, 0.29) is 24.3 Å². The van der Waals surface area contributed by atoms with Gasteiger partial charge in [0, 0.05) is 39.9 Å². The van der Waals surface area contributed by atoms with Crippen LogP contribution in [0.5, 0.6) is 0 Å². The molecule has 3 rings (SSSR count). The highest BCUT2D eigenvalue weighted by atomic mass is 16.2. The van der Waals surface area contributed by atoms with Gasteiger partial charge < -0.3 is 20.1 Å². The van der Waals surface area contributed by atoms with E-state index in [4.69, 9.17) is 0 Å². The standard InChI is InChI=1S/C18H23N5O3/c1-12(24)23-10-9-22(11-15(23)18(26)19-2)17(25)8-7-16-20-13-5-3-4-6-14(13)21-16/h3-6,15H,7-11H2,1-2H3,(H,19,26)(H,20,21)/t15-/m1/s1. The van der Waals surface area contributed by atoms with Crippen molar-refractivity contribution in [3.63, 3.8) is 0 Å². The molecular formula is C18H23N5O3. The summed E-state index contributed by atoms with van der Waals surface area (Å²) in [6.45, 7) is 2.46. The van der Waals surface area contributed by atoms with Gasteiger partial charge in [-0.05, 0) is 12.1 Å². The van der Waals surface area contributed by atoms with E-state index in [0.29, 0.717) is 25.9 Å². The largest absolute Gasteiger partial charge is 0.357 e. The van der Waals surface area contributed by atoms with E-state index in [1.165, 1.54) is 18.9 Å². The molecule has 1 aromatic carbocycles. The molecule has 1 saturated heterocycles. The maximum Gasteiger partial charge on any atom is 0.244 e. The number of nitrogens with one attached hydrogen (secondary N) is 2. The number of H-pyrrole nitrogens is 1. The Morgan fingerprint density at radius 3 is 2.73 bits per heavy atom. The number of aromatic nitrogens is 2. The van der Waals surface area contributed by atoms with Crippen molar-refractivity contribution in [2.45, 2.75) is 25.8 Å². The lowest BCUT2D eigenvalue weighted by atomic mass is 10.1. The van der Waals surface area contributed by atoms with Gasteiger partial charge in [-0.3, -0.25) is 14.4 Å². The normalized spacial score (nSPS) is 17.4. The third-order valence-electron chi connectivity index (χ3n) is 4.70. The molecule has 0 radical (unpaired) electrons. The Hall–Kier alpha value is -2.90. The molecule has 2 heterocycles. The van der Waals surface area contributed by atoms with Crippen molar-refractivity contribution in [3.8, 4) is 0 Å². The predicted octanol–water partition coefficient (Wildman–Crippen LogP) is 0.301. The highest BCUT2D eigenvalue weighted by Gasteiger charge is 2.34. The zero-order valence-corrected chi connectivity index (χ0v) is 15.0. The Kier molecular flexibility index (Phi) is 5.20. The van der Waals surface area contributed by atoms with Gasteiger partial charge >= 0.3 is 0 Å². The highest BCUT2D eigenvalue weighted by Crippen LogP contribution is 2.14. The third kappa shape index (κ3) is 3.68. The summed E-state index contributed by atoms with van der Waals surface area (Å²) in [6, 6.07) is 7.09. The zero-order valence-electron chi connectivity index (χ0n) is 15.0. The van der Waals surface area contributed by atoms with Crippen molar-refractivity contribution >= 4 is 28.8 Å². The molecule has 8 nitrogen and oxygen atoms in total. The summed E-state index contributed by atoms with van der Waals surface area (Å²) in [7, 11) is 1.53. The molecule has 0 saturated carbocycles. The Balaban J connectivity index is 1.62. The topological polar surface area (TPSA) is 98.4 Å². The monoisotopic (exact) mass is 357 g/mol. The Labute approximate surface area is 151 Å². The molecule has 3 amide bonds. The van der Waals surface area contributed by atoms with Crippen LogP contribution in [0, 0.1) is 0 Å². The first-order valence-corrected chi connectivity index (χ1v) is 8.70. The fourth-order valence-corrected chi connectivity index (χ4v) is 3.28. The van der Waals surface area contributed by atoms with Crippen LogP contribution in [0.3, 0.4) is 0 Å². The molecule has 26 heavy (non-hydrogen) atoms. The Morgan fingerprint density at radius 2 is 2.04 bits per heavy atom. The lowest BCUT2D eigenvalue weighted by molar-refractivity contribution is -0.147. The number of piperazine rings is 1. The van der Waals surface area contributed by atoms with Crippen molar-refractivity contribution < 1.29 is 14.4 Å². The van der Waals surface area contributed by atoms with Gasteiger partial charge in [-0.15, -0.1) is 0 Å². The minimum Gasteiger partial charge on any atom is -0.357 e. The Morgan fingerprint density at radius 1 is 1.27 bits per heavy atom. The van der Waals surface area contributed by atoms with Gasteiger partial charge in [0.15, 0.2) is 0 Å². The van der Waals surface area contributed by atoms with Crippen molar-refractivity contribution in [3.05, 3.63) is 30.1 Å². The SMILES string of the molecule is CNC(=O)[C@H]1CN(C(=O)CCc2nc3ccccc3[nH]2)CCN1C(C)=O. The van der Waals surface area contributed by atoms with E-state index >= 15 is 0 Å². The quantitative estimate of drug-likeness (QED) is 0.822. The summed E-state index contributed by atoms with van der Waals surface area (Å²) in [5.41, 5.74) is 1.83. The number of hydrogen-bond acceptors (Lipinski definition) is 4. The van der Waals surface area contributed by atoms with Gasteiger partial charge in [-0.2, -0.15) is 0 Å². The van der Waals surface area contributed by atoms with Crippen LogP contribution < -0.4 is 5.32 Å². The molecule has 0 aliphatic carbocycles. The summed E-state index contributed by atoms with van der Waals surface area (Å²) < 4.78 is 0. The summed E-state index contributed by atoms with van der Waals surface area (Å²) in [6.07, 6.45) is 0.811. The number of carbonyl (C=O) groups is 3. The summed E-state index contributed by atoms with van der Waals surface area (Å²) >= 11 is 0. The second-order valence-corrected chi connectivity index (χ2v) is 6.38. The number of benzene rings is 1. The minimum absolute atomic E-state index is 0.0393. The number of aromatic amines is 1. The van der Waals surface area contributed by atoms with Crippen molar-refractivity contribution in [1.29, 1.82) is 0 Å². The number of aryl methyl sites for hydroxylation is 1. The van der Waals surface area contributed by atoms with E-state index in [1.54, 1.807) is 4.90 Å². The van der Waals surface area contributed by atoms with Crippen LogP contribution in [0.4, 0.5) is 0 Å². The van der Waals surface area contributed by atoms with Crippen molar-refractivity contribution in [2.24, 2.45) is 0 Å². The fourth-order valence-electron chi connectivity index (χ4n) is 3.28. The second-order valence-electron chi connectivity index (χ2n) is 6.38. The van der Waals surface area contributed by atoms with E-state index in [9.17, 15) is 14.4 Å². The molecule has 1 fully saturated rings. The molecule has 1 atom stereocenters. The average Bonchev–Trinajstić information content (AvgIpc) is 3.07. The fraction of sp³-hybridized carbons (Fsp3) is 0.444. The van der Waals surface area contributed by atoms with Crippen LogP contribution in [-0.4, -0.2) is 70.2 Å². The lowest BCUT2D eigenvalue weighted by Gasteiger charge is -2.40. The Bertz CT molecular complexity index is 798. The van der Waals surface area contributed by atoms with Gasteiger partial charge in [0.1, 0.15) is 11.9 Å². The number of carbonyl (C=O) groups excluding carboxylic acids is 3. The van der Waals surface area contributed by atoms with Crippen molar-refractivity contribution in [1.82, 2.24) is 25.1 Å². The van der Waals surface area contributed by atoms with Crippen LogP contribution in [-0.2, 0) is 20.8 Å². The number of imidazole rings is 1. The predicted molar refractivity (Wildman–Crippen MR) is 96.2 cm³/mol. The summed E-state index contributed by atoms with van der Waals surface area (Å²) in [5, 5.41) is 2.57. The smallest absolute Gasteiger partial charge is 0.244 e. The third-order valence-corrected chi connectivity index (χ3v) is 4.70. The summed E-state index contributed by atoms with van der Waals surface area (Å²) in [4.78, 5) is 47.2. The van der Waals surface area contributed by atoms with Gasteiger partial charge in [-0.1, -0.05) is 12.1 Å². The summed E-state index contributed by atoms with van der Waals surface area (Å²) in [5.74, 6) is 0.315. The number of nitrogens with zero attached hydrogens (tertiary/aromatic N) is 3. The molecule has 1 aliphatic rings. The maximum absolute atomic E-state index is 12.6. The molecule has 2 N–H and O–H groups in total. The van der Waals surface area contributed by atoms with Crippen LogP contribution >= 0.6 is 0 Å². The highest BCUT2D eigenvalue weighted by molar-refractivity contribution is 5.88. The number of rotatable bonds is 4. The molecule has 0 bridgehead atoms. The molecule has 8 heteroatoms. The van der Waals surface area contributed by atoms with E-state index in [2.05, 4.69) is 15.3 Å². The first-order chi connectivity index (χ1) is 12.5. The van der Waals surface area contributed by atoms with Crippen molar-refractivity contribution in [2.75, 3.05) is 26.7 Å². The lowest BCUT2D eigenvalue weighted by Crippen LogP contribution is -2.60. The first-order valence-electron chi connectivity index (χ1n) is 8.70. The van der Waals surface area contributed by atoms with Crippen LogP contribution in [0.25, 0.3) is 11.0 Å². The number of fused-ring (bicyclic) bond motifs is 1. The zero-order chi connectivity index (χ0) is 18.7. The average molecular weight is 357 g/mol.